The molecule has 0 aliphatic heterocycles. The third-order valence-electron chi connectivity index (χ3n) is 4.09. The smallest absolute Gasteiger partial charge is 0.0379 e. The fourth-order valence-electron chi connectivity index (χ4n) is 2.88. The predicted octanol–water partition coefficient (Wildman–Crippen LogP) is 5.03. The molecule has 1 atom stereocenters. The molecule has 0 nitrogen and oxygen atoms in total. The van der Waals surface area contributed by atoms with Crippen molar-refractivity contribution < 1.29 is 0 Å². The zero-order chi connectivity index (χ0) is 12.3. The zero-order valence-electron chi connectivity index (χ0n) is 11.0. The lowest BCUT2D eigenvalue weighted by Crippen LogP contribution is -2.09. The summed E-state index contributed by atoms with van der Waals surface area (Å²) in [6.45, 7) is 4.34. The summed E-state index contributed by atoms with van der Waals surface area (Å²) in [7, 11) is 0. The minimum atomic E-state index is 0.320. The van der Waals surface area contributed by atoms with Crippen LogP contribution in [0.4, 0.5) is 0 Å². The van der Waals surface area contributed by atoms with Crippen molar-refractivity contribution >= 4 is 11.6 Å². The predicted molar refractivity (Wildman–Crippen MR) is 75.8 cm³/mol. The molecule has 0 radical (unpaired) electrons. The van der Waals surface area contributed by atoms with Gasteiger partial charge in [-0.1, -0.05) is 43.9 Å². The van der Waals surface area contributed by atoms with E-state index in [1.807, 2.05) is 0 Å². The molecule has 1 heteroatoms. The van der Waals surface area contributed by atoms with Gasteiger partial charge in [-0.3, -0.25) is 0 Å². The van der Waals surface area contributed by atoms with E-state index in [4.69, 9.17) is 11.6 Å². The maximum absolute atomic E-state index is 6.49. The van der Waals surface area contributed by atoms with Gasteiger partial charge in [-0.15, -0.1) is 11.6 Å². The lowest BCUT2D eigenvalue weighted by molar-refractivity contribution is 0.488. The van der Waals surface area contributed by atoms with Gasteiger partial charge in [-0.05, 0) is 49.3 Å². The first kappa shape index (κ1) is 13.0. The molecule has 0 saturated heterocycles. The summed E-state index contributed by atoms with van der Waals surface area (Å²) in [6, 6.07) is 6.73. The Morgan fingerprint density at radius 2 is 1.88 bits per heavy atom. The Labute approximate surface area is 110 Å². The Morgan fingerprint density at radius 1 is 1.18 bits per heavy atom. The molecule has 1 aliphatic rings. The highest BCUT2D eigenvalue weighted by molar-refractivity contribution is 6.20. The zero-order valence-corrected chi connectivity index (χ0v) is 11.8. The summed E-state index contributed by atoms with van der Waals surface area (Å²) in [4.78, 5) is 0. The molecular weight excluding hydrogens is 228 g/mol. The van der Waals surface area contributed by atoms with Gasteiger partial charge >= 0.3 is 0 Å². The van der Waals surface area contributed by atoms with Crippen LogP contribution in [0.5, 0.6) is 0 Å². The number of aryl methyl sites for hydroxylation is 2. The largest absolute Gasteiger partial charge is 0.123 e. The van der Waals surface area contributed by atoms with Crippen molar-refractivity contribution in [1.29, 1.82) is 0 Å². The molecule has 17 heavy (non-hydrogen) atoms. The van der Waals surface area contributed by atoms with E-state index in [1.54, 1.807) is 0 Å². The molecule has 1 aromatic carbocycles. The molecular formula is C16H23Cl. The van der Waals surface area contributed by atoms with Gasteiger partial charge in [0.25, 0.3) is 0 Å². The molecule has 1 saturated carbocycles. The molecule has 0 heterocycles. The summed E-state index contributed by atoms with van der Waals surface area (Å²) in [6.07, 6.45) is 7.86. The first-order valence-corrected chi connectivity index (χ1v) is 7.29. The second-order valence-corrected chi connectivity index (χ2v) is 6.22. The lowest BCUT2D eigenvalue weighted by atomic mass is 9.96. The van der Waals surface area contributed by atoms with Crippen molar-refractivity contribution in [3.8, 4) is 0 Å². The highest BCUT2D eigenvalue weighted by Gasteiger charge is 2.19. The van der Waals surface area contributed by atoms with Crippen molar-refractivity contribution in [2.45, 2.75) is 57.7 Å². The van der Waals surface area contributed by atoms with Crippen molar-refractivity contribution in [3.63, 3.8) is 0 Å². The molecule has 0 N–H and O–H groups in total. The van der Waals surface area contributed by atoms with Crippen molar-refractivity contribution in [3.05, 3.63) is 34.9 Å². The summed E-state index contributed by atoms with van der Waals surface area (Å²) in [5.41, 5.74) is 4.15. The maximum atomic E-state index is 6.49. The molecule has 1 aliphatic carbocycles. The van der Waals surface area contributed by atoms with E-state index in [2.05, 4.69) is 32.0 Å². The average Bonchev–Trinajstić information content (AvgIpc) is 2.76. The minimum absolute atomic E-state index is 0.320. The van der Waals surface area contributed by atoms with Crippen LogP contribution in [0.25, 0.3) is 0 Å². The average molecular weight is 251 g/mol. The highest BCUT2D eigenvalue weighted by Crippen LogP contribution is 2.30. The fraction of sp³-hybridized carbons (Fsp3) is 0.625. The summed E-state index contributed by atoms with van der Waals surface area (Å²) in [5, 5.41) is 0.320. The summed E-state index contributed by atoms with van der Waals surface area (Å²) < 4.78 is 0. The van der Waals surface area contributed by atoms with Crippen LogP contribution in [0.3, 0.4) is 0 Å². The van der Waals surface area contributed by atoms with Gasteiger partial charge in [0.1, 0.15) is 0 Å². The van der Waals surface area contributed by atoms with E-state index in [-0.39, 0.29) is 0 Å². The molecule has 0 spiro atoms. The van der Waals surface area contributed by atoms with Gasteiger partial charge in [0, 0.05) is 5.38 Å². The van der Waals surface area contributed by atoms with Crippen LogP contribution in [-0.4, -0.2) is 5.38 Å². The van der Waals surface area contributed by atoms with Crippen molar-refractivity contribution in [1.82, 2.24) is 0 Å². The van der Waals surface area contributed by atoms with E-state index in [0.717, 1.165) is 12.3 Å². The number of benzene rings is 1. The van der Waals surface area contributed by atoms with Crippen LogP contribution in [0.2, 0.25) is 0 Å². The first-order chi connectivity index (χ1) is 8.15. The van der Waals surface area contributed by atoms with E-state index in [1.165, 1.54) is 48.8 Å². The van der Waals surface area contributed by atoms with Crippen LogP contribution in [-0.2, 0) is 6.42 Å². The van der Waals surface area contributed by atoms with Crippen LogP contribution < -0.4 is 0 Å². The van der Waals surface area contributed by atoms with Gasteiger partial charge in [0.2, 0.25) is 0 Å². The summed E-state index contributed by atoms with van der Waals surface area (Å²) >= 11 is 6.49. The van der Waals surface area contributed by atoms with E-state index in [9.17, 15) is 0 Å². The Balaban J connectivity index is 1.88. The number of halogens is 1. The van der Waals surface area contributed by atoms with Crippen LogP contribution in [0.1, 0.15) is 48.8 Å². The number of hydrogen-bond acceptors (Lipinski definition) is 0. The molecule has 0 bridgehead atoms. The number of hydrogen-bond donors (Lipinski definition) is 0. The fourth-order valence-corrected chi connectivity index (χ4v) is 3.31. The first-order valence-electron chi connectivity index (χ1n) is 6.85. The molecule has 94 valence electrons. The SMILES string of the molecule is Cc1ccc(CC(Cl)CC2CCCC2)cc1C. The molecule has 0 aromatic heterocycles. The van der Waals surface area contributed by atoms with E-state index >= 15 is 0 Å². The van der Waals surface area contributed by atoms with Crippen LogP contribution in [0.15, 0.2) is 18.2 Å². The second kappa shape index (κ2) is 5.91. The molecule has 1 fully saturated rings. The van der Waals surface area contributed by atoms with Crippen molar-refractivity contribution in [2.24, 2.45) is 5.92 Å². The number of alkyl halides is 1. The van der Waals surface area contributed by atoms with Gasteiger partial charge in [0.05, 0.1) is 0 Å². The Hall–Kier alpha value is -0.490. The van der Waals surface area contributed by atoms with Gasteiger partial charge in [-0.25, -0.2) is 0 Å². The van der Waals surface area contributed by atoms with Crippen molar-refractivity contribution in [2.75, 3.05) is 0 Å². The Morgan fingerprint density at radius 3 is 2.53 bits per heavy atom. The van der Waals surface area contributed by atoms with Gasteiger partial charge < -0.3 is 0 Å². The molecule has 2 rings (SSSR count). The van der Waals surface area contributed by atoms with Crippen LogP contribution >= 0.6 is 11.6 Å². The quantitative estimate of drug-likeness (QED) is 0.658. The topological polar surface area (TPSA) is 0 Å². The van der Waals surface area contributed by atoms with Crippen LogP contribution in [0, 0.1) is 19.8 Å². The standard InChI is InChI=1S/C16H23Cl/c1-12-7-8-15(9-13(12)2)11-16(17)10-14-5-3-4-6-14/h7-9,14,16H,3-6,10-11H2,1-2H3. The van der Waals surface area contributed by atoms with E-state index < -0.39 is 0 Å². The minimum Gasteiger partial charge on any atom is -0.123 e. The van der Waals surface area contributed by atoms with E-state index in [0.29, 0.717) is 5.38 Å². The maximum Gasteiger partial charge on any atom is 0.0379 e. The molecule has 1 aromatic rings. The highest BCUT2D eigenvalue weighted by atomic mass is 35.5. The monoisotopic (exact) mass is 250 g/mol. The molecule has 0 amide bonds. The third-order valence-corrected chi connectivity index (χ3v) is 4.42. The summed E-state index contributed by atoms with van der Waals surface area (Å²) in [5.74, 6) is 0.893. The van der Waals surface area contributed by atoms with Gasteiger partial charge in [-0.2, -0.15) is 0 Å². The Bertz CT molecular complexity index is 364. The van der Waals surface area contributed by atoms with Gasteiger partial charge in [0.15, 0.2) is 0 Å². The number of rotatable bonds is 4. The second-order valence-electron chi connectivity index (χ2n) is 5.61. The third kappa shape index (κ3) is 3.74. The molecule has 1 unspecified atom stereocenters. The normalized spacial score (nSPS) is 18.5. The lowest BCUT2D eigenvalue weighted by Gasteiger charge is -2.15. The Kier molecular flexibility index (Phi) is 4.50.